The van der Waals surface area contributed by atoms with Gasteiger partial charge in [-0.3, -0.25) is 9.67 Å². The quantitative estimate of drug-likeness (QED) is 0.735. The second-order valence-corrected chi connectivity index (χ2v) is 5.42. The van der Waals surface area contributed by atoms with Gasteiger partial charge in [0.25, 0.3) is 0 Å². The Morgan fingerprint density at radius 2 is 2.10 bits per heavy atom. The van der Waals surface area contributed by atoms with E-state index < -0.39 is 0 Å². The lowest BCUT2D eigenvalue weighted by atomic mass is 10.2. The summed E-state index contributed by atoms with van der Waals surface area (Å²) in [6.45, 7) is 2.42. The van der Waals surface area contributed by atoms with E-state index in [0.29, 0.717) is 6.61 Å². The Bertz CT molecular complexity index is 767. The Morgan fingerprint density at radius 3 is 2.85 bits per heavy atom. The molecule has 3 rings (SSSR count). The third-order valence-corrected chi connectivity index (χ3v) is 4.23. The molecule has 102 valence electrons. The fourth-order valence-corrected chi connectivity index (χ4v) is 2.57. The average molecular weight is 332 g/mol. The van der Waals surface area contributed by atoms with Crippen molar-refractivity contribution in [3.63, 3.8) is 0 Å². The third-order valence-electron chi connectivity index (χ3n) is 3.20. The first-order valence-corrected chi connectivity index (χ1v) is 7.10. The summed E-state index contributed by atoms with van der Waals surface area (Å²) in [5.41, 5.74) is 2.94. The van der Waals surface area contributed by atoms with E-state index in [1.807, 2.05) is 49.0 Å². The number of rotatable bonds is 3. The van der Waals surface area contributed by atoms with E-state index in [-0.39, 0.29) is 0 Å². The summed E-state index contributed by atoms with van der Waals surface area (Å²) in [6.07, 6.45) is 1.75. The number of nitrogens with zero attached hydrogens (tertiary/aromatic N) is 3. The van der Waals surface area contributed by atoms with Crippen molar-refractivity contribution in [1.29, 1.82) is 0 Å². The highest BCUT2D eigenvalue weighted by Gasteiger charge is 2.11. The maximum absolute atomic E-state index is 5.82. The first kappa shape index (κ1) is 13.1. The molecule has 0 N–H and O–H groups in total. The number of para-hydroxylation sites is 1. The van der Waals surface area contributed by atoms with Crippen molar-refractivity contribution < 1.29 is 4.74 Å². The molecule has 0 saturated heterocycles. The SMILES string of the molecule is Cc1nn(C)c(COc2cnc3ccccc3c2)c1Br. The van der Waals surface area contributed by atoms with Gasteiger partial charge in [0.05, 0.1) is 27.6 Å². The normalized spacial score (nSPS) is 10.9. The van der Waals surface area contributed by atoms with Gasteiger partial charge in [0.2, 0.25) is 0 Å². The van der Waals surface area contributed by atoms with Gasteiger partial charge in [-0.15, -0.1) is 0 Å². The summed E-state index contributed by atoms with van der Waals surface area (Å²) < 4.78 is 8.64. The second kappa shape index (κ2) is 5.25. The molecule has 0 saturated carbocycles. The summed E-state index contributed by atoms with van der Waals surface area (Å²) in [4.78, 5) is 4.38. The predicted octanol–water partition coefficient (Wildman–Crippen LogP) is 3.62. The van der Waals surface area contributed by atoms with Crippen molar-refractivity contribution in [3.8, 4) is 5.75 Å². The summed E-state index contributed by atoms with van der Waals surface area (Å²) in [7, 11) is 1.91. The standard InChI is InChI=1S/C15H14BrN3O/c1-10-15(16)14(19(2)18-10)9-20-12-7-11-5-3-4-6-13(11)17-8-12/h3-8H,9H2,1-2H3. The largest absolute Gasteiger partial charge is 0.486 e. The van der Waals surface area contributed by atoms with Crippen LogP contribution in [0.4, 0.5) is 0 Å². The van der Waals surface area contributed by atoms with Crippen LogP contribution in [0.25, 0.3) is 10.9 Å². The van der Waals surface area contributed by atoms with Crippen molar-refractivity contribution >= 4 is 26.8 Å². The minimum absolute atomic E-state index is 0.456. The number of fused-ring (bicyclic) bond motifs is 1. The number of pyridine rings is 1. The highest BCUT2D eigenvalue weighted by atomic mass is 79.9. The van der Waals surface area contributed by atoms with Crippen LogP contribution in [0.3, 0.4) is 0 Å². The molecule has 0 unspecified atom stereocenters. The monoisotopic (exact) mass is 331 g/mol. The molecule has 0 radical (unpaired) electrons. The topological polar surface area (TPSA) is 39.9 Å². The van der Waals surface area contributed by atoms with Gasteiger partial charge < -0.3 is 4.74 Å². The number of halogens is 1. The molecular weight excluding hydrogens is 318 g/mol. The molecule has 20 heavy (non-hydrogen) atoms. The van der Waals surface area contributed by atoms with Crippen LogP contribution in [-0.2, 0) is 13.7 Å². The number of benzene rings is 1. The first-order valence-electron chi connectivity index (χ1n) is 6.30. The second-order valence-electron chi connectivity index (χ2n) is 4.62. The molecule has 0 bridgehead atoms. The maximum Gasteiger partial charge on any atom is 0.138 e. The Balaban J connectivity index is 1.83. The predicted molar refractivity (Wildman–Crippen MR) is 81.7 cm³/mol. The Labute approximate surface area is 125 Å². The summed E-state index contributed by atoms with van der Waals surface area (Å²) in [5, 5.41) is 5.42. The van der Waals surface area contributed by atoms with Crippen molar-refractivity contribution in [1.82, 2.24) is 14.8 Å². The highest BCUT2D eigenvalue weighted by Crippen LogP contribution is 2.23. The first-order chi connectivity index (χ1) is 9.65. The van der Waals surface area contributed by atoms with Crippen molar-refractivity contribution in [3.05, 3.63) is 52.4 Å². The molecule has 0 aliphatic rings. The number of aromatic nitrogens is 3. The van der Waals surface area contributed by atoms with Crippen LogP contribution in [0.1, 0.15) is 11.4 Å². The third kappa shape index (κ3) is 2.41. The Kier molecular flexibility index (Phi) is 3.44. The molecule has 4 nitrogen and oxygen atoms in total. The van der Waals surface area contributed by atoms with Crippen LogP contribution >= 0.6 is 15.9 Å². The molecule has 0 aliphatic heterocycles. The van der Waals surface area contributed by atoms with E-state index in [1.165, 1.54) is 0 Å². The van der Waals surface area contributed by atoms with Crippen LogP contribution in [0.15, 0.2) is 41.0 Å². The van der Waals surface area contributed by atoms with Crippen LogP contribution in [0.2, 0.25) is 0 Å². The molecule has 2 aromatic heterocycles. The van der Waals surface area contributed by atoms with E-state index in [1.54, 1.807) is 6.20 Å². The van der Waals surface area contributed by atoms with E-state index in [2.05, 4.69) is 26.0 Å². The summed E-state index contributed by atoms with van der Waals surface area (Å²) in [6, 6.07) is 9.99. The van der Waals surface area contributed by atoms with Gasteiger partial charge in [0.15, 0.2) is 0 Å². The lowest BCUT2D eigenvalue weighted by Gasteiger charge is -2.07. The molecule has 0 fully saturated rings. The minimum Gasteiger partial charge on any atom is -0.486 e. The van der Waals surface area contributed by atoms with Gasteiger partial charge in [0.1, 0.15) is 12.4 Å². The highest BCUT2D eigenvalue weighted by molar-refractivity contribution is 9.10. The molecule has 0 amide bonds. The van der Waals surface area contributed by atoms with Gasteiger partial charge in [-0.25, -0.2) is 0 Å². The van der Waals surface area contributed by atoms with E-state index >= 15 is 0 Å². The zero-order chi connectivity index (χ0) is 14.1. The average Bonchev–Trinajstić information content (AvgIpc) is 2.70. The molecule has 0 atom stereocenters. The van der Waals surface area contributed by atoms with E-state index in [9.17, 15) is 0 Å². The van der Waals surface area contributed by atoms with Gasteiger partial charge in [0, 0.05) is 12.4 Å². The molecule has 1 aromatic carbocycles. The molecule has 0 spiro atoms. The van der Waals surface area contributed by atoms with Crippen molar-refractivity contribution in [2.45, 2.75) is 13.5 Å². The smallest absolute Gasteiger partial charge is 0.138 e. The number of hydrogen-bond donors (Lipinski definition) is 0. The van der Waals surface area contributed by atoms with Gasteiger partial charge in [-0.2, -0.15) is 5.10 Å². The van der Waals surface area contributed by atoms with Crippen LogP contribution in [-0.4, -0.2) is 14.8 Å². The van der Waals surface area contributed by atoms with Crippen LogP contribution in [0, 0.1) is 6.92 Å². The van der Waals surface area contributed by atoms with Gasteiger partial charge in [-0.1, -0.05) is 18.2 Å². The van der Waals surface area contributed by atoms with E-state index in [0.717, 1.165) is 32.5 Å². The molecule has 2 heterocycles. The van der Waals surface area contributed by atoms with E-state index in [4.69, 9.17) is 4.74 Å². The minimum atomic E-state index is 0.456. The summed E-state index contributed by atoms with van der Waals surface area (Å²) in [5.74, 6) is 0.759. The zero-order valence-electron chi connectivity index (χ0n) is 11.3. The molecule has 5 heteroatoms. The lowest BCUT2D eigenvalue weighted by Crippen LogP contribution is -2.03. The van der Waals surface area contributed by atoms with Crippen LogP contribution in [0.5, 0.6) is 5.75 Å². The Hall–Kier alpha value is -1.88. The lowest BCUT2D eigenvalue weighted by molar-refractivity contribution is 0.293. The zero-order valence-corrected chi connectivity index (χ0v) is 12.9. The van der Waals surface area contributed by atoms with Gasteiger partial charge in [-0.05, 0) is 35.0 Å². The molecule has 3 aromatic rings. The van der Waals surface area contributed by atoms with Crippen molar-refractivity contribution in [2.75, 3.05) is 0 Å². The van der Waals surface area contributed by atoms with Crippen molar-refractivity contribution in [2.24, 2.45) is 7.05 Å². The fraction of sp³-hybridized carbons (Fsp3) is 0.200. The number of hydrogen-bond acceptors (Lipinski definition) is 3. The Morgan fingerprint density at radius 1 is 1.30 bits per heavy atom. The number of aryl methyl sites for hydroxylation is 2. The number of ether oxygens (including phenoxy) is 1. The maximum atomic E-state index is 5.82. The molecule has 0 aliphatic carbocycles. The van der Waals surface area contributed by atoms with Gasteiger partial charge >= 0.3 is 0 Å². The molecular formula is C15H14BrN3O. The van der Waals surface area contributed by atoms with Crippen LogP contribution < -0.4 is 4.74 Å². The fourth-order valence-electron chi connectivity index (χ4n) is 2.12. The summed E-state index contributed by atoms with van der Waals surface area (Å²) >= 11 is 3.54.